The lowest BCUT2D eigenvalue weighted by Crippen LogP contribution is -2.31. The molecule has 1 fully saturated rings. The molecule has 1 saturated heterocycles. The summed E-state index contributed by atoms with van der Waals surface area (Å²) in [5.74, 6) is -0.180. The molecule has 0 radical (unpaired) electrons. The second-order valence-electron chi connectivity index (χ2n) is 10.1. The first-order valence-corrected chi connectivity index (χ1v) is 12.8. The summed E-state index contributed by atoms with van der Waals surface area (Å²) in [4.78, 5) is 23.1. The van der Waals surface area contributed by atoms with Gasteiger partial charge in [0.25, 0.3) is 5.91 Å². The van der Waals surface area contributed by atoms with E-state index in [0.29, 0.717) is 53.9 Å². The van der Waals surface area contributed by atoms with Crippen LogP contribution < -0.4 is 10.6 Å². The number of imidazole rings is 1. The number of nitrogens with zero attached hydrogens (tertiary/aromatic N) is 4. The molecule has 208 valence electrons. The number of halogens is 4. The first-order chi connectivity index (χ1) is 19.2. The fourth-order valence-electron chi connectivity index (χ4n) is 5.46. The standard InChI is InChI=1S/C28H26F4N6O2/c1-37(15-28(30,31)32)13-22-18(16-7-9-40-14-16)3-5-24(36-22)35-21-4-2-19(20-11-34-27(39)26(20)21)23-12-33-25-10-17(29)6-8-38(23)25/h2-6,8,10,12,16H,7,9,11,13-15H2,1H3,(H,34,39)(H,35,36)/t16-/m1/s1. The number of carbonyl (C=O) groups excluding carboxylic acids is 1. The van der Waals surface area contributed by atoms with Crippen molar-refractivity contribution in [2.75, 3.05) is 32.1 Å². The van der Waals surface area contributed by atoms with E-state index in [0.717, 1.165) is 23.1 Å². The van der Waals surface area contributed by atoms with Gasteiger partial charge in [0, 0.05) is 43.4 Å². The molecular weight excluding hydrogens is 528 g/mol. The van der Waals surface area contributed by atoms with Crippen molar-refractivity contribution in [3.05, 3.63) is 77.0 Å². The maximum atomic E-state index is 13.7. The topological polar surface area (TPSA) is 83.8 Å². The fraction of sp³-hybridized carbons (Fsp3) is 0.321. The minimum absolute atomic E-state index is 0.00722. The molecule has 1 atom stereocenters. The van der Waals surface area contributed by atoms with Crippen molar-refractivity contribution in [3.8, 4) is 11.3 Å². The molecule has 0 aliphatic carbocycles. The second-order valence-corrected chi connectivity index (χ2v) is 10.1. The van der Waals surface area contributed by atoms with Gasteiger partial charge in [0.15, 0.2) is 0 Å². The summed E-state index contributed by atoms with van der Waals surface area (Å²) < 4.78 is 60.0. The maximum Gasteiger partial charge on any atom is 0.401 e. The van der Waals surface area contributed by atoms with Gasteiger partial charge in [-0.15, -0.1) is 0 Å². The molecule has 8 nitrogen and oxygen atoms in total. The van der Waals surface area contributed by atoms with E-state index in [2.05, 4.69) is 15.6 Å². The van der Waals surface area contributed by atoms with Crippen LogP contribution in [0.5, 0.6) is 0 Å². The van der Waals surface area contributed by atoms with E-state index in [1.807, 2.05) is 12.1 Å². The van der Waals surface area contributed by atoms with Crippen LogP contribution in [0.2, 0.25) is 0 Å². The highest BCUT2D eigenvalue weighted by atomic mass is 19.4. The lowest BCUT2D eigenvalue weighted by atomic mass is 9.96. The van der Waals surface area contributed by atoms with Gasteiger partial charge in [-0.2, -0.15) is 13.2 Å². The Labute approximate surface area is 227 Å². The van der Waals surface area contributed by atoms with Crippen molar-refractivity contribution >= 4 is 23.1 Å². The van der Waals surface area contributed by atoms with E-state index in [4.69, 9.17) is 9.72 Å². The van der Waals surface area contributed by atoms with Crippen LogP contribution in [-0.2, 0) is 17.8 Å². The lowest BCUT2D eigenvalue weighted by molar-refractivity contribution is -0.144. The highest BCUT2D eigenvalue weighted by Gasteiger charge is 2.31. The number of benzene rings is 1. The van der Waals surface area contributed by atoms with Crippen LogP contribution in [0.15, 0.2) is 48.8 Å². The molecule has 0 bridgehead atoms. The summed E-state index contributed by atoms with van der Waals surface area (Å²) in [7, 11) is 1.41. The Morgan fingerprint density at radius 1 is 1.23 bits per heavy atom. The van der Waals surface area contributed by atoms with Crippen LogP contribution in [0.1, 0.15) is 39.5 Å². The molecule has 1 aromatic carbocycles. The van der Waals surface area contributed by atoms with Crippen molar-refractivity contribution in [2.45, 2.75) is 31.6 Å². The number of pyridine rings is 2. The number of carbonyl (C=O) groups is 1. The molecule has 3 aromatic heterocycles. The molecule has 2 N–H and O–H groups in total. The maximum absolute atomic E-state index is 13.7. The van der Waals surface area contributed by atoms with E-state index in [1.54, 1.807) is 28.9 Å². The third-order valence-electron chi connectivity index (χ3n) is 7.23. The van der Waals surface area contributed by atoms with Crippen LogP contribution in [0.25, 0.3) is 16.9 Å². The number of hydrogen-bond donors (Lipinski definition) is 2. The van der Waals surface area contributed by atoms with Crippen LogP contribution in [0.3, 0.4) is 0 Å². The predicted octanol–water partition coefficient (Wildman–Crippen LogP) is 5.02. The quantitative estimate of drug-likeness (QED) is 0.312. The fourth-order valence-corrected chi connectivity index (χ4v) is 5.46. The molecular formula is C28H26F4N6O2. The Kier molecular flexibility index (Phi) is 6.67. The van der Waals surface area contributed by atoms with E-state index < -0.39 is 18.5 Å². The van der Waals surface area contributed by atoms with E-state index >= 15 is 0 Å². The van der Waals surface area contributed by atoms with Crippen molar-refractivity contribution in [3.63, 3.8) is 0 Å². The third kappa shape index (κ3) is 5.11. The van der Waals surface area contributed by atoms with E-state index in [-0.39, 0.29) is 18.4 Å². The van der Waals surface area contributed by atoms with Crippen LogP contribution in [0, 0.1) is 5.82 Å². The first kappa shape index (κ1) is 26.2. The molecule has 0 unspecified atom stereocenters. The first-order valence-electron chi connectivity index (χ1n) is 12.8. The largest absolute Gasteiger partial charge is 0.401 e. The highest BCUT2D eigenvalue weighted by Crippen LogP contribution is 2.36. The van der Waals surface area contributed by atoms with Crippen LogP contribution >= 0.6 is 0 Å². The predicted molar refractivity (Wildman–Crippen MR) is 140 cm³/mol. The Balaban J connectivity index is 1.35. The molecule has 1 amide bonds. The zero-order chi connectivity index (χ0) is 28.0. The summed E-state index contributed by atoms with van der Waals surface area (Å²) >= 11 is 0. The number of alkyl halides is 3. The van der Waals surface area contributed by atoms with Gasteiger partial charge in [-0.1, -0.05) is 12.1 Å². The molecule has 0 saturated carbocycles. The summed E-state index contributed by atoms with van der Waals surface area (Å²) in [5.41, 5.74) is 5.05. The number of aromatic nitrogens is 3. The summed E-state index contributed by atoms with van der Waals surface area (Å²) in [5, 5.41) is 6.08. The minimum atomic E-state index is -4.33. The third-order valence-corrected chi connectivity index (χ3v) is 7.23. The van der Waals surface area contributed by atoms with E-state index in [9.17, 15) is 22.4 Å². The SMILES string of the molecule is CN(Cc1nc(Nc2ccc(-c3cnc4cc(F)ccn34)c3c2C(=O)NC3)ccc1[C@@H]1CCOC1)CC(F)(F)F. The van der Waals surface area contributed by atoms with Gasteiger partial charge in [0.1, 0.15) is 17.3 Å². The summed E-state index contributed by atoms with van der Waals surface area (Å²) in [6, 6.07) is 9.94. The Morgan fingerprint density at radius 3 is 2.85 bits per heavy atom. The average molecular weight is 555 g/mol. The molecule has 2 aliphatic rings. The number of nitrogens with one attached hydrogen (secondary N) is 2. The second kappa shape index (κ2) is 10.2. The van der Waals surface area contributed by atoms with Crippen molar-refractivity contribution in [1.82, 2.24) is 24.6 Å². The average Bonchev–Trinajstić information content (AvgIpc) is 3.64. The van der Waals surface area contributed by atoms with Gasteiger partial charge in [-0.25, -0.2) is 14.4 Å². The van der Waals surface area contributed by atoms with Gasteiger partial charge in [-0.3, -0.25) is 14.1 Å². The zero-order valence-electron chi connectivity index (χ0n) is 21.6. The Bertz CT molecular complexity index is 1600. The highest BCUT2D eigenvalue weighted by molar-refractivity contribution is 6.06. The van der Waals surface area contributed by atoms with Gasteiger partial charge < -0.3 is 15.4 Å². The molecule has 6 rings (SSSR count). The van der Waals surface area contributed by atoms with Crippen molar-refractivity contribution in [1.29, 1.82) is 0 Å². The van der Waals surface area contributed by atoms with Gasteiger partial charge in [0.05, 0.1) is 42.0 Å². The van der Waals surface area contributed by atoms with Crippen molar-refractivity contribution in [2.24, 2.45) is 0 Å². The molecule has 5 heterocycles. The minimum Gasteiger partial charge on any atom is -0.381 e. The van der Waals surface area contributed by atoms with Gasteiger partial charge in [0.2, 0.25) is 0 Å². The molecule has 12 heteroatoms. The molecule has 40 heavy (non-hydrogen) atoms. The van der Waals surface area contributed by atoms with Crippen molar-refractivity contribution < 1.29 is 27.1 Å². The van der Waals surface area contributed by atoms with E-state index in [1.165, 1.54) is 24.1 Å². The van der Waals surface area contributed by atoms with Crippen LogP contribution in [0.4, 0.5) is 29.1 Å². The Hall–Kier alpha value is -4.03. The number of ether oxygens (including phenoxy) is 1. The number of hydrogen-bond acceptors (Lipinski definition) is 6. The van der Waals surface area contributed by atoms with Gasteiger partial charge >= 0.3 is 6.18 Å². The normalized spacial score (nSPS) is 17.1. The Morgan fingerprint density at radius 2 is 2.08 bits per heavy atom. The number of rotatable bonds is 7. The summed E-state index contributed by atoms with van der Waals surface area (Å²) in [6.45, 7) is 0.341. The monoisotopic (exact) mass is 554 g/mol. The number of amides is 1. The van der Waals surface area contributed by atoms with Crippen LogP contribution in [-0.4, -0.2) is 58.2 Å². The summed E-state index contributed by atoms with van der Waals surface area (Å²) in [6.07, 6.45) is -0.327. The van der Waals surface area contributed by atoms with Gasteiger partial charge in [-0.05, 0) is 42.8 Å². The molecule has 0 spiro atoms. The smallest absolute Gasteiger partial charge is 0.381 e. The number of fused-ring (bicyclic) bond motifs is 2. The molecule has 4 aromatic rings. The number of anilines is 2. The molecule has 2 aliphatic heterocycles. The lowest BCUT2D eigenvalue weighted by Gasteiger charge is -2.22. The zero-order valence-corrected chi connectivity index (χ0v) is 21.6.